The number of methoxy groups -OCH3 is 1. The normalized spacial score (nSPS) is 16.1. The van der Waals surface area contributed by atoms with Crippen LogP contribution < -0.4 is 9.46 Å². The summed E-state index contributed by atoms with van der Waals surface area (Å²) in [6.45, 7) is 0. The number of rotatable bonds is 6. The predicted molar refractivity (Wildman–Crippen MR) is 122 cm³/mol. The van der Waals surface area contributed by atoms with Crippen molar-refractivity contribution in [2.24, 2.45) is 5.10 Å². The van der Waals surface area contributed by atoms with Crippen molar-refractivity contribution < 1.29 is 17.9 Å². The number of anilines is 1. The standard InChI is InChI=1S/C22H21N3O4S2/c1-29-19-5-3-4-16(12-19)22(26)25-21(17-10-11-30-14-17)13-20(23-25)15-6-8-18(9-7-15)24-31(2,27)28/h3-12,14,21,24H,13H2,1-2H3/t21-/m0/s1. The fourth-order valence-electron chi connectivity index (χ4n) is 3.43. The van der Waals surface area contributed by atoms with Gasteiger partial charge in [-0.25, -0.2) is 13.4 Å². The first kappa shape index (κ1) is 21.1. The quantitative estimate of drug-likeness (QED) is 0.606. The molecule has 0 spiro atoms. The molecular formula is C22H21N3O4S2. The Morgan fingerprint density at radius 2 is 1.97 bits per heavy atom. The molecule has 0 unspecified atom stereocenters. The number of thiophene rings is 1. The van der Waals surface area contributed by atoms with Crippen molar-refractivity contribution in [2.45, 2.75) is 12.5 Å². The van der Waals surface area contributed by atoms with Gasteiger partial charge in [-0.05, 0) is 58.3 Å². The third kappa shape index (κ3) is 4.78. The minimum atomic E-state index is -3.35. The highest BCUT2D eigenvalue weighted by Gasteiger charge is 2.34. The first-order valence-electron chi connectivity index (χ1n) is 9.49. The second-order valence-electron chi connectivity index (χ2n) is 7.16. The molecule has 1 N–H and O–H groups in total. The third-order valence-corrected chi connectivity index (χ3v) is 6.19. The van der Waals surface area contributed by atoms with Crippen LogP contribution in [0.5, 0.6) is 5.75 Å². The lowest BCUT2D eigenvalue weighted by molar-refractivity contribution is 0.0711. The Hall–Kier alpha value is -3.17. The first-order valence-corrected chi connectivity index (χ1v) is 12.3. The number of amides is 1. The number of sulfonamides is 1. The zero-order valence-electron chi connectivity index (χ0n) is 17.0. The number of carbonyl (C=O) groups excluding carboxylic acids is 1. The maximum Gasteiger partial charge on any atom is 0.274 e. The van der Waals surface area contributed by atoms with Crippen LogP contribution in [-0.4, -0.2) is 38.4 Å². The molecule has 1 aromatic heterocycles. The van der Waals surface area contributed by atoms with E-state index in [4.69, 9.17) is 4.74 Å². The molecule has 0 radical (unpaired) electrons. The summed E-state index contributed by atoms with van der Waals surface area (Å²) in [5.74, 6) is 0.399. The average molecular weight is 456 g/mol. The number of ether oxygens (including phenoxy) is 1. The van der Waals surface area contributed by atoms with Crippen LogP contribution in [0.15, 0.2) is 70.5 Å². The van der Waals surface area contributed by atoms with E-state index in [9.17, 15) is 13.2 Å². The number of hydrogen-bond acceptors (Lipinski definition) is 6. The van der Waals surface area contributed by atoms with E-state index >= 15 is 0 Å². The Morgan fingerprint density at radius 3 is 2.61 bits per heavy atom. The van der Waals surface area contributed by atoms with Crippen molar-refractivity contribution in [2.75, 3.05) is 18.1 Å². The number of nitrogens with one attached hydrogen (secondary N) is 1. The van der Waals surface area contributed by atoms with E-state index in [0.717, 1.165) is 23.1 Å². The van der Waals surface area contributed by atoms with E-state index < -0.39 is 10.0 Å². The fourth-order valence-corrected chi connectivity index (χ4v) is 4.70. The van der Waals surface area contributed by atoms with Crippen molar-refractivity contribution in [1.29, 1.82) is 0 Å². The topological polar surface area (TPSA) is 88.1 Å². The maximum absolute atomic E-state index is 13.3. The summed E-state index contributed by atoms with van der Waals surface area (Å²) < 4.78 is 30.6. The van der Waals surface area contributed by atoms with Gasteiger partial charge in [-0.2, -0.15) is 16.4 Å². The molecule has 0 fully saturated rings. The Kier molecular flexibility index (Phi) is 5.79. The van der Waals surface area contributed by atoms with Crippen molar-refractivity contribution in [3.8, 4) is 5.75 Å². The molecule has 31 heavy (non-hydrogen) atoms. The summed E-state index contributed by atoms with van der Waals surface area (Å²) in [5, 5.41) is 10.2. The zero-order chi connectivity index (χ0) is 22.0. The van der Waals surface area contributed by atoms with Gasteiger partial charge in [-0.15, -0.1) is 0 Å². The van der Waals surface area contributed by atoms with Crippen LogP contribution in [0.2, 0.25) is 0 Å². The summed E-state index contributed by atoms with van der Waals surface area (Å²) in [7, 11) is -1.78. The largest absolute Gasteiger partial charge is 0.497 e. The van der Waals surface area contributed by atoms with Crippen molar-refractivity contribution >= 4 is 38.7 Å². The summed E-state index contributed by atoms with van der Waals surface area (Å²) in [6, 6.07) is 15.8. The molecule has 160 valence electrons. The molecule has 0 bridgehead atoms. The molecule has 0 aliphatic carbocycles. The number of hydrazone groups is 1. The lowest BCUT2D eigenvalue weighted by Gasteiger charge is -2.21. The van der Waals surface area contributed by atoms with Gasteiger partial charge in [0.25, 0.3) is 5.91 Å². The molecule has 9 heteroatoms. The lowest BCUT2D eigenvalue weighted by Crippen LogP contribution is -2.26. The van der Waals surface area contributed by atoms with Gasteiger partial charge in [0.15, 0.2) is 0 Å². The van der Waals surface area contributed by atoms with E-state index in [-0.39, 0.29) is 11.9 Å². The molecule has 1 atom stereocenters. The molecule has 0 saturated heterocycles. The highest BCUT2D eigenvalue weighted by atomic mass is 32.2. The van der Waals surface area contributed by atoms with E-state index in [1.807, 2.05) is 16.8 Å². The maximum atomic E-state index is 13.3. The van der Waals surface area contributed by atoms with Gasteiger partial charge in [0.05, 0.1) is 25.1 Å². The third-order valence-electron chi connectivity index (χ3n) is 4.88. The molecule has 2 heterocycles. The Labute approximate surface area is 185 Å². The van der Waals surface area contributed by atoms with Crippen LogP contribution in [0.25, 0.3) is 0 Å². The monoisotopic (exact) mass is 455 g/mol. The molecule has 2 aromatic carbocycles. The molecule has 1 amide bonds. The Balaban J connectivity index is 1.65. The Bertz CT molecular complexity index is 1220. The SMILES string of the molecule is COc1cccc(C(=O)N2N=C(c3ccc(NS(C)(=O)=O)cc3)C[C@H]2c2ccsc2)c1. The van der Waals surface area contributed by atoms with E-state index in [1.54, 1.807) is 67.0 Å². The van der Waals surface area contributed by atoms with Crippen LogP contribution in [0.3, 0.4) is 0 Å². The second-order valence-corrected chi connectivity index (χ2v) is 9.69. The number of benzene rings is 2. The first-order chi connectivity index (χ1) is 14.8. The second kappa shape index (κ2) is 8.52. The van der Waals surface area contributed by atoms with Crippen LogP contribution in [0.1, 0.15) is 33.9 Å². The summed E-state index contributed by atoms with van der Waals surface area (Å²) in [4.78, 5) is 13.3. The number of hydrogen-bond donors (Lipinski definition) is 1. The molecule has 3 aromatic rings. The Morgan fingerprint density at radius 1 is 1.19 bits per heavy atom. The minimum Gasteiger partial charge on any atom is -0.497 e. The smallest absolute Gasteiger partial charge is 0.274 e. The van der Waals surface area contributed by atoms with E-state index in [2.05, 4.69) is 9.82 Å². The van der Waals surface area contributed by atoms with E-state index in [0.29, 0.717) is 23.4 Å². The molecule has 1 aliphatic rings. The van der Waals surface area contributed by atoms with Gasteiger partial charge < -0.3 is 4.74 Å². The van der Waals surface area contributed by atoms with Crippen LogP contribution in [0, 0.1) is 0 Å². The molecule has 4 rings (SSSR count). The molecular weight excluding hydrogens is 434 g/mol. The van der Waals surface area contributed by atoms with Gasteiger partial charge in [-0.1, -0.05) is 18.2 Å². The van der Waals surface area contributed by atoms with Crippen LogP contribution in [-0.2, 0) is 10.0 Å². The fraction of sp³-hybridized carbons (Fsp3) is 0.182. The molecule has 0 saturated carbocycles. The summed E-state index contributed by atoms with van der Waals surface area (Å²) in [6.07, 6.45) is 1.67. The summed E-state index contributed by atoms with van der Waals surface area (Å²) in [5.41, 5.74) is 3.59. The van der Waals surface area contributed by atoms with E-state index in [1.165, 1.54) is 5.01 Å². The predicted octanol–water partition coefficient (Wildman–Crippen LogP) is 4.12. The van der Waals surface area contributed by atoms with Crippen LogP contribution in [0.4, 0.5) is 5.69 Å². The van der Waals surface area contributed by atoms with Gasteiger partial charge >= 0.3 is 0 Å². The van der Waals surface area contributed by atoms with Gasteiger partial charge in [0, 0.05) is 17.7 Å². The number of carbonyl (C=O) groups is 1. The molecule has 1 aliphatic heterocycles. The van der Waals surface area contributed by atoms with Crippen molar-refractivity contribution in [1.82, 2.24) is 5.01 Å². The van der Waals surface area contributed by atoms with Gasteiger partial charge in [-0.3, -0.25) is 9.52 Å². The average Bonchev–Trinajstić information content (AvgIpc) is 3.42. The lowest BCUT2D eigenvalue weighted by atomic mass is 10.00. The zero-order valence-corrected chi connectivity index (χ0v) is 18.6. The number of nitrogens with zero attached hydrogens (tertiary/aromatic N) is 2. The van der Waals surface area contributed by atoms with Gasteiger partial charge in [0.1, 0.15) is 5.75 Å². The minimum absolute atomic E-state index is 0.208. The van der Waals surface area contributed by atoms with Crippen molar-refractivity contribution in [3.05, 3.63) is 82.0 Å². The highest BCUT2D eigenvalue weighted by molar-refractivity contribution is 7.92. The van der Waals surface area contributed by atoms with Crippen LogP contribution >= 0.6 is 11.3 Å². The molecule has 7 nitrogen and oxygen atoms in total. The van der Waals surface area contributed by atoms with Crippen molar-refractivity contribution in [3.63, 3.8) is 0 Å². The highest BCUT2D eigenvalue weighted by Crippen LogP contribution is 2.35. The summed E-state index contributed by atoms with van der Waals surface area (Å²) >= 11 is 1.57. The van der Waals surface area contributed by atoms with Gasteiger partial charge in [0.2, 0.25) is 10.0 Å².